The molecule has 0 unspecified atom stereocenters. The number of carboxylic acids is 1. The molecule has 6 nitrogen and oxygen atoms in total. The molecule has 0 aromatic carbocycles. The van der Waals surface area contributed by atoms with E-state index in [-0.39, 0.29) is 12.6 Å². The zero-order valence-corrected chi connectivity index (χ0v) is 10.9. The average Bonchev–Trinajstić information content (AvgIpc) is 2.72. The number of amides is 1. The van der Waals surface area contributed by atoms with E-state index in [1.165, 1.54) is 4.90 Å². The van der Waals surface area contributed by atoms with Gasteiger partial charge in [-0.2, -0.15) is 0 Å². The molecule has 1 N–H and O–H groups in total. The molecule has 0 aromatic heterocycles. The summed E-state index contributed by atoms with van der Waals surface area (Å²) in [5, 5.41) is 9.13. The number of carbonyl (C=O) groups is 2. The van der Waals surface area contributed by atoms with Gasteiger partial charge in [0.2, 0.25) is 0 Å². The zero-order valence-electron chi connectivity index (χ0n) is 10.9. The van der Waals surface area contributed by atoms with Gasteiger partial charge in [0.1, 0.15) is 11.5 Å². The molecule has 6 heteroatoms. The Balaban J connectivity index is 2.10. The smallest absolute Gasteiger partial charge is 0.410 e. The maximum absolute atomic E-state index is 12.0. The van der Waals surface area contributed by atoms with Crippen LogP contribution in [0.3, 0.4) is 0 Å². The van der Waals surface area contributed by atoms with Crippen LogP contribution in [0, 0.1) is 5.92 Å². The van der Waals surface area contributed by atoms with Crippen molar-refractivity contribution in [1.29, 1.82) is 0 Å². The first-order valence-corrected chi connectivity index (χ1v) is 6.13. The average molecular weight is 257 g/mol. The third-order valence-electron chi connectivity index (χ3n) is 3.24. The molecule has 0 aromatic rings. The van der Waals surface area contributed by atoms with Gasteiger partial charge in [-0.15, -0.1) is 0 Å². The van der Waals surface area contributed by atoms with Gasteiger partial charge < -0.3 is 19.5 Å². The van der Waals surface area contributed by atoms with Gasteiger partial charge in [0.05, 0.1) is 12.1 Å². The summed E-state index contributed by atoms with van der Waals surface area (Å²) >= 11 is 0. The first kappa shape index (κ1) is 13.1. The zero-order chi connectivity index (χ0) is 13.5. The highest BCUT2D eigenvalue weighted by Gasteiger charge is 2.51. The summed E-state index contributed by atoms with van der Waals surface area (Å²) in [6, 6.07) is -0.166. The fourth-order valence-electron chi connectivity index (χ4n) is 2.52. The van der Waals surface area contributed by atoms with E-state index < -0.39 is 29.7 Å². The molecule has 0 aliphatic carbocycles. The van der Waals surface area contributed by atoms with E-state index in [1.54, 1.807) is 20.8 Å². The van der Waals surface area contributed by atoms with Crippen molar-refractivity contribution in [2.24, 2.45) is 5.92 Å². The maximum atomic E-state index is 12.0. The van der Waals surface area contributed by atoms with E-state index in [9.17, 15) is 9.59 Å². The largest absolute Gasteiger partial charge is 0.481 e. The monoisotopic (exact) mass is 257 g/mol. The highest BCUT2D eigenvalue weighted by atomic mass is 16.6. The van der Waals surface area contributed by atoms with E-state index in [0.717, 1.165) is 0 Å². The summed E-state index contributed by atoms with van der Waals surface area (Å²) in [4.78, 5) is 24.7. The van der Waals surface area contributed by atoms with Gasteiger partial charge >= 0.3 is 12.1 Å². The number of ether oxygens (including phenoxy) is 2. The highest BCUT2D eigenvalue weighted by molar-refractivity contribution is 5.75. The minimum atomic E-state index is -0.919. The predicted molar refractivity (Wildman–Crippen MR) is 62.2 cm³/mol. The molecule has 2 aliphatic heterocycles. The summed E-state index contributed by atoms with van der Waals surface area (Å²) in [5.41, 5.74) is -0.576. The maximum Gasteiger partial charge on any atom is 0.410 e. The highest BCUT2D eigenvalue weighted by Crippen LogP contribution is 2.34. The van der Waals surface area contributed by atoms with Crippen LogP contribution >= 0.6 is 0 Å². The van der Waals surface area contributed by atoms with E-state index in [4.69, 9.17) is 14.6 Å². The number of hydrogen-bond donors (Lipinski definition) is 1. The first-order valence-electron chi connectivity index (χ1n) is 6.13. The molecule has 1 amide bonds. The molecular weight excluding hydrogens is 238 g/mol. The predicted octanol–water partition coefficient (Wildman–Crippen LogP) is 1.10. The normalized spacial score (nSPS) is 31.3. The minimum Gasteiger partial charge on any atom is -0.481 e. The Morgan fingerprint density at radius 1 is 1.39 bits per heavy atom. The Hall–Kier alpha value is -1.30. The number of fused-ring (bicyclic) bond motifs is 1. The second-order valence-electron chi connectivity index (χ2n) is 5.77. The minimum absolute atomic E-state index is 0.166. The van der Waals surface area contributed by atoms with E-state index >= 15 is 0 Å². The Labute approximate surface area is 106 Å². The van der Waals surface area contributed by atoms with Crippen LogP contribution in [0.5, 0.6) is 0 Å². The van der Waals surface area contributed by atoms with Crippen molar-refractivity contribution in [3.63, 3.8) is 0 Å². The summed E-state index contributed by atoms with van der Waals surface area (Å²) in [6.45, 7) is 6.03. The van der Waals surface area contributed by atoms with E-state index in [2.05, 4.69) is 0 Å². The molecule has 102 valence electrons. The van der Waals surface area contributed by atoms with E-state index in [1.807, 2.05) is 0 Å². The molecule has 2 aliphatic rings. The molecule has 18 heavy (non-hydrogen) atoms. The fourth-order valence-corrected chi connectivity index (χ4v) is 2.52. The second-order valence-corrected chi connectivity index (χ2v) is 5.77. The van der Waals surface area contributed by atoms with Gasteiger partial charge in [-0.25, -0.2) is 4.79 Å². The summed E-state index contributed by atoms with van der Waals surface area (Å²) in [5.74, 6) is -1.57. The van der Waals surface area contributed by atoms with Gasteiger partial charge in [0.15, 0.2) is 0 Å². The van der Waals surface area contributed by atoms with Crippen LogP contribution in [0.25, 0.3) is 0 Å². The number of likely N-dealkylation sites (tertiary alicyclic amines) is 1. The lowest BCUT2D eigenvalue weighted by molar-refractivity contribution is -0.144. The van der Waals surface area contributed by atoms with Gasteiger partial charge in [-0.05, 0) is 27.2 Å². The fraction of sp³-hybridized carbons (Fsp3) is 0.833. The van der Waals surface area contributed by atoms with Crippen molar-refractivity contribution in [2.75, 3.05) is 13.2 Å². The Morgan fingerprint density at radius 3 is 2.61 bits per heavy atom. The third kappa shape index (κ3) is 2.43. The molecule has 0 bridgehead atoms. The lowest BCUT2D eigenvalue weighted by atomic mass is 10.0. The molecule has 2 fully saturated rings. The Bertz CT molecular complexity index is 362. The Morgan fingerprint density at radius 2 is 2.06 bits per heavy atom. The molecule has 0 saturated carbocycles. The van der Waals surface area contributed by atoms with Crippen LogP contribution in [0.15, 0.2) is 0 Å². The molecule has 2 rings (SSSR count). The first-order chi connectivity index (χ1) is 8.29. The quantitative estimate of drug-likeness (QED) is 0.761. The number of hydrogen-bond acceptors (Lipinski definition) is 4. The number of rotatable bonds is 1. The van der Waals surface area contributed by atoms with Crippen molar-refractivity contribution >= 4 is 12.1 Å². The van der Waals surface area contributed by atoms with Gasteiger partial charge in [0, 0.05) is 13.2 Å². The van der Waals surface area contributed by atoms with Gasteiger partial charge in [-0.1, -0.05) is 0 Å². The summed E-state index contributed by atoms with van der Waals surface area (Å²) < 4.78 is 10.7. The lowest BCUT2D eigenvalue weighted by Gasteiger charge is -2.27. The van der Waals surface area contributed by atoms with Crippen LogP contribution in [0.2, 0.25) is 0 Å². The molecule has 0 radical (unpaired) electrons. The van der Waals surface area contributed by atoms with Crippen LogP contribution in [-0.4, -0.2) is 53.0 Å². The summed E-state index contributed by atoms with van der Waals surface area (Å²) in [7, 11) is 0. The number of carboxylic acid groups (broad SMARTS) is 1. The molecule has 2 saturated heterocycles. The SMILES string of the molecule is CC(C)(C)OC(=O)N1C[C@H](C(=O)O)[C@H]2OCC[C@H]21. The number of nitrogens with zero attached hydrogens (tertiary/aromatic N) is 1. The number of carbonyl (C=O) groups excluding carboxylic acids is 1. The molecule has 2 heterocycles. The van der Waals surface area contributed by atoms with Crippen molar-refractivity contribution in [3.05, 3.63) is 0 Å². The van der Waals surface area contributed by atoms with E-state index in [0.29, 0.717) is 13.0 Å². The van der Waals surface area contributed by atoms with Crippen molar-refractivity contribution < 1.29 is 24.2 Å². The standard InChI is InChI=1S/C12H19NO5/c1-12(2,3)18-11(16)13-6-7(10(14)15)9-8(13)4-5-17-9/h7-9H,4-6H2,1-3H3,(H,14,15)/t7-,8+,9+/m0/s1. The second kappa shape index (κ2) is 4.42. The molecule has 3 atom stereocenters. The van der Waals surface area contributed by atoms with Crippen molar-refractivity contribution in [3.8, 4) is 0 Å². The van der Waals surface area contributed by atoms with Crippen LogP contribution in [-0.2, 0) is 14.3 Å². The van der Waals surface area contributed by atoms with Crippen molar-refractivity contribution in [1.82, 2.24) is 4.90 Å². The topological polar surface area (TPSA) is 76.1 Å². The van der Waals surface area contributed by atoms with Crippen molar-refractivity contribution in [2.45, 2.75) is 44.9 Å². The molecular formula is C12H19NO5. The third-order valence-corrected chi connectivity index (χ3v) is 3.24. The van der Waals surface area contributed by atoms with Crippen LogP contribution < -0.4 is 0 Å². The van der Waals surface area contributed by atoms with Crippen LogP contribution in [0.4, 0.5) is 4.79 Å². The Kier molecular flexibility index (Phi) is 3.23. The van der Waals surface area contributed by atoms with Gasteiger partial charge in [0.25, 0.3) is 0 Å². The lowest BCUT2D eigenvalue weighted by Crippen LogP contribution is -2.41. The number of aliphatic carboxylic acids is 1. The summed E-state index contributed by atoms with van der Waals surface area (Å²) in [6.07, 6.45) is -0.171. The molecule has 0 spiro atoms. The van der Waals surface area contributed by atoms with Crippen LogP contribution in [0.1, 0.15) is 27.2 Å². The van der Waals surface area contributed by atoms with Gasteiger partial charge in [-0.3, -0.25) is 4.79 Å².